The molecule has 1 fully saturated rings. The number of halogens is 3. The van der Waals surface area contributed by atoms with Gasteiger partial charge < -0.3 is 10.6 Å². The van der Waals surface area contributed by atoms with Crippen LogP contribution in [-0.4, -0.2) is 29.9 Å². The molecule has 2 aromatic rings. The lowest BCUT2D eigenvalue weighted by atomic mass is 10.0. The van der Waals surface area contributed by atoms with Crippen molar-refractivity contribution in [2.24, 2.45) is 5.73 Å². The van der Waals surface area contributed by atoms with Crippen molar-refractivity contribution in [3.63, 3.8) is 0 Å². The molecule has 3 nitrogen and oxygen atoms in total. The number of amides is 1. The van der Waals surface area contributed by atoms with Gasteiger partial charge in [0.25, 0.3) is 5.91 Å². The molecule has 1 unspecified atom stereocenters. The average molecular weight is 369 g/mol. The number of carbonyl (C=O) groups excluding carboxylic acids is 1. The minimum absolute atomic E-state index is 0. The van der Waals surface area contributed by atoms with Crippen LogP contribution in [0.1, 0.15) is 23.2 Å². The first-order valence-electron chi connectivity index (χ1n) is 7.66. The Bertz CT molecular complexity index is 721. The smallest absolute Gasteiger partial charge is 0.257 e. The first-order chi connectivity index (χ1) is 11.1. The number of benzene rings is 2. The van der Waals surface area contributed by atoms with Crippen molar-refractivity contribution in [2.45, 2.75) is 18.9 Å². The van der Waals surface area contributed by atoms with E-state index >= 15 is 0 Å². The zero-order valence-electron chi connectivity index (χ0n) is 13.0. The number of hydrogen-bond acceptors (Lipinski definition) is 2. The molecular formula is C18H19Cl2FN2O. The van der Waals surface area contributed by atoms with E-state index in [9.17, 15) is 9.18 Å². The van der Waals surface area contributed by atoms with E-state index in [1.165, 1.54) is 6.07 Å². The average Bonchev–Trinajstić information content (AvgIpc) is 3.03. The molecule has 2 aromatic carbocycles. The highest BCUT2D eigenvalue weighted by Crippen LogP contribution is 2.26. The summed E-state index contributed by atoms with van der Waals surface area (Å²) in [6.07, 6.45) is 1.80. The molecule has 1 saturated heterocycles. The molecule has 1 amide bonds. The zero-order valence-corrected chi connectivity index (χ0v) is 14.6. The number of nitrogens with two attached hydrogens (primary N) is 1. The lowest BCUT2D eigenvalue weighted by Crippen LogP contribution is -2.40. The molecule has 24 heavy (non-hydrogen) atoms. The van der Waals surface area contributed by atoms with Crippen LogP contribution in [0.3, 0.4) is 0 Å². The molecule has 1 aliphatic rings. The van der Waals surface area contributed by atoms with Gasteiger partial charge in [-0.1, -0.05) is 29.8 Å². The van der Waals surface area contributed by atoms with Gasteiger partial charge in [0.1, 0.15) is 5.82 Å². The van der Waals surface area contributed by atoms with E-state index in [1.54, 1.807) is 29.2 Å². The van der Waals surface area contributed by atoms with Crippen molar-refractivity contribution >= 4 is 29.9 Å². The third-order valence-electron chi connectivity index (χ3n) is 4.29. The second kappa shape index (κ2) is 7.97. The fourth-order valence-electron chi connectivity index (χ4n) is 3.01. The Morgan fingerprint density at radius 1 is 1.21 bits per heavy atom. The lowest BCUT2D eigenvalue weighted by molar-refractivity contribution is 0.0736. The molecule has 1 atom stereocenters. The molecule has 1 aliphatic heterocycles. The Morgan fingerprint density at radius 3 is 2.50 bits per heavy atom. The summed E-state index contributed by atoms with van der Waals surface area (Å²) in [5.41, 5.74) is 7.36. The summed E-state index contributed by atoms with van der Waals surface area (Å²) >= 11 is 5.86. The van der Waals surface area contributed by atoms with Crippen LogP contribution in [-0.2, 0) is 0 Å². The summed E-state index contributed by atoms with van der Waals surface area (Å²) in [5, 5.41) is 0.628. The van der Waals surface area contributed by atoms with Crippen LogP contribution in [0.2, 0.25) is 5.02 Å². The Labute approximate surface area is 152 Å². The highest BCUT2D eigenvalue weighted by Gasteiger charge is 2.29. The van der Waals surface area contributed by atoms with Gasteiger partial charge in [0, 0.05) is 24.2 Å². The van der Waals surface area contributed by atoms with Crippen LogP contribution >= 0.6 is 24.0 Å². The van der Waals surface area contributed by atoms with Gasteiger partial charge in [-0.3, -0.25) is 4.79 Å². The van der Waals surface area contributed by atoms with Gasteiger partial charge in [0.2, 0.25) is 0 Å². The van der Waals surface area contributed by atoms with E-state index in [0.717, 1.165) is 18.4 Å². The van der Waals surface area contributed by atoms with Gasteiger partial charge in [-0.05, 0) is 48.2 Å². The summed E-state index contributed by atoms with van der Waals surface area (Å²) in [7, 11) is 0. The van der Waals surface area contributed by atoms with Crippen molar-refractivity contribution in [3.8, 4) is 11.1 Å². The SMILES string of the molecule is Cl.NCC1CCCN1C(=O)c1ccc(-c2ccc(Cl)cc2)cc1F. The molecule has 0 saturated carbocycles. The molecular weight excluding hydrogens is 350 g/mol. The summed E-state index contributed by atoms with van der Waals surface area (Å²) in [6.45, 7) is 1.05. The third kappa shape index (κ3) is 3.72. The van der Waals surface area contributed by atoms with Gasteiger partial charge in [0.05, 0.1) is 5.56 Å². The van der Waals surface area contributed by atoms with Crippen LogP contribution in [0.15, 0.2) is 42.5 Å². The third-order valence-corrected chi connectivity index (χ3v) is 4.54. The highest BCUT2D eigenvalue weighted by atomic mass is 35.5. The van der Waals surface area contributed by atoms with Crippen LogP contribution in [0, 0.1) is 5.82 Å². The monoisotopic (exact) mass is 368 g/mol. The summed E-state index contributed by atoms with van der Waals surface area (Å²) in [5.74, 6) is -0.789. The number of nitrogens with zero attached hydrogens (tertiary/aromatic N) is 1. The Hall–Kier alpha value is -1.62. The molecule has 0 aromatic heterocycles. The van der Waals surface area contributed by atoms with E-state index in [1.807, 2.05) is 12.1 Å². The molecule has 1 heterocycles. The lowest BCUT2D eigenvalue weighted by Gasteiger charge is -2.23. The Morgan fingerprint density at radius 2 is 1.88 bits per heavy atom. The van der Waals surface area contributed by atoms with Crippen molar-refractivity contribution < 1.29 is 9.18 Å². The second-order valence-corrected chi connectivity index (χ2v) is 6.17. The highest BCUT2D eigenvalue weighted by molar-refractivity contribution is 6.30. The topological polar surface area (TPSA) is 46.3 Å². The molecule has 3 rings (SSSR count). The molecule has 0 aliphatic carbocycles. The standard InChI is InChI=1S/C18H18ClFN2O.ClH/c19-14-6-3-12(4-7-14)13-5-8-16(17(20)10-13)18(23)22-9-1-2-15(22)11-21;/h3-8,10,15H,1-2,9,11,21H2;1H. The van der Waals surface area contributed by atoms with E-state index < -0.39 is 5.82 Å². The predicted octanol–water partition coefficient (Wildman–Crippen LogP) is 4.13. The first-order valence-corrected chi connectivity index (χ1v) is 8.04. The fraction of sp³-hybridized carbons (Fsp3) is 0.278. The molecule has 128 valence electrons. The number of rotatable bonds is 3. The first kappa shape index (κ1) is 18.7. The quantitative estimate of drug-likeness (QED) is 0.884. The molecule has 0 radical (unpaired) electrons. The number of carbonyl (C=O) groups is 1. The minimum atomic E-state index is -0.509. The minimum Gasteiger partial charge on any atom is -0.334 e. The fourth-order valence-corrected chi connectivity index (χ4v) is 3.14. The summed E-state index contributed by atoms with van der Waals surface area (Å²) in [6, 6.07) is 11.9. The normalized spacial score (nSPS) is 16.8. The molecule has 6 heteroatoms. The van der Waals surface area contributed by atoms with Gasteiger partial charge >= 0.3 is 0 Å². The van der Waals surface area contributed by atoms with Crippen LogP contribution in [0.5, 0.6) is 0 Å². The van der Waals surface area contributed by atoms with Gasteiger partial charge in [-0.2, -0.15) is 0 Å². The number of hydrogen-bond donors (Lipinski definition) is 1. The van der Waals surface area contributed by atoms with Gasteiger partial charge in [-0.15, -0.1) is 12.4 Å². The van der Waals surface area contributed by atoms with Crippen molar-refractivity contribution in [2.75, 3.05) is 13.1 Å². The van der Waals surface area contributed by atoms with E-state index in [-0.39, 0.29) is 29.9 Å². The second-order valence-electron chi connectivity index (χ2n) is 5.73. The van der Waals surface area contributed by atoms with E-state index in [4.69, 9.17) is 17.3 Å². The van der Waals surface area contributed by atoms with Crippen LogP contribution in [0.25, 0.3) is 11.1 Å². The van der Waals surface area contributed by atoms with E-state index in [2.05, 4.69) is 0 Å². The Balaban J connectivity index is 0.00000208. The largest absolute Gasteiger partial charge is 0.334 e. The summed E-state index contributed by atoms with van der Waals surface area (Å²) < 4.78 is 14.4. The zero-order chi connectivity index (χ0) is 16.4. The maximum atomic E-state index is 14.4. The van der Waals surface area contributed by atoms with Crippen molar-refractivity contribution in [1.29, 1.82) is 0 Å². The van der Waals surface area contributed by atoms with Crippen molar-refractivity contribution in [3.05, 3.63) is 58.9 Å². The number of likely N-dealkylation sites (tertiary alicyclic amines) is 1. The van der Waals surface area contributed by atoms with Gasteiger partial charge in [0.15, 0.2) is 0 Å². The maximum absolute atomic E-state index is 14.4. The molecule has 0 spiro atoms. The predicted molar refractivity (Wildman–Crippen MR) is 97.2 cm³/mol. The summed E-state index contributed by atoms with van der Waals surface area (Å²) in [4.78, 5) is 14.2. The van der Waals surface area contributed by atoms with E-state index in [0.29, 0.717) is 23.7 Å². The Kier molecular flexibility index (Phi) is 6.21. The van der Waals surface area contributed by atoms with Gasteiger partial charge in [-0.25, -0.2) is 4.39 Å². The molecule has 2 N–H and O–H groups in total. The maximum Gasteiger partial charge on any atom is 0.257 e. The van der Waals surface area contributed by atoms with Crippen molar-refractivity contribution in [1.82, 2.24) is 4.90 Å². The van der Waals surface area contributed by atoms with Crippen LogP contribution in [0.4, 0.5) is 4.39 Å². The van der Waals surface area contributed by atoms with Crippen LogP contribution < -0.4 is 5.73 Å². The molecule has 0 bridgehead atoms.